The van der Waals surface area contributed by atoms with Crippen molar-refractivity contribution in [3.63, 3.8) is 0 Å². The molecule has 3 aromatic carbocycles. The van der Waals surface area contributed by atoms with Gasteiger partial charge in [0.15, 0.2) is 11.5 Å². The first-order chi connectivity index (χ1) is 18.6. The van der Waals surface area contributed by atoms with Crippen LogP contribution in [0, 0.1) is 5.82 Å². The third-order valence-electron chi connectivity index (χ3n) is 5.33. The maximum absolute atomic E-state index is 13.4. The summed E-state index contributed by atoms with van der Waals surface area (Å²) in [6, 6.07) is 13.8. The molecule has 1 heterocycles. The van der Waals surface area contributed by atoms with Crippen molar-refractivity contribution < 1.29 is 28.2 Å². The van der Waals surface area contributed by atoms with Crippen LogP contribution in [0.25, 0.3) is 6.08 Å². The molecule has 0 unspecified atom stereocenters. The number of amides is 3. The number of carbonyl (C=O) groups excluding carboxylic acids is 3. The van der Waals surface area contributed by atoms with Crippen LogP contribution in [0.4, 0.5) is 14.9 Å². The number of rotatable bonds is 9. The lowest BCUT2D eigenvalue weighted by Crippen LogP contribution is -2.36. The Morgan fingerprint density at radius 3 is 2.59 bits per heavy atom. The van der Waals surface area contributed by atoms with Crippen LogP contribution in [0.2, 0.25) is 10.0 Å². The van der Waals surface area contributed by atoms with Crippen molar-refractivity contribution in [2.45, 2.75) is 13.5 Å². The van der Waals surface area contributed by atoms with E-state index >= 15 is 0 Å². The average Bonchev–Trinajstić information content (AvgIpc) is 3.13. The van der Waals surface area contributed by atoms with Gasteiger partial charge in [-0.2, -0.15) is 0 Å². The summed E-state index contributed by atoms with van der Waals surface area (Å²) < 4.78 is 25.7. The largest absolute Gasteiger partial charge is 0.490 e. The summed E-state index contributed by atoms with van der Waals surface area (Å²) in [5, 5.41) is 2.86. The van der Waals surface area contributed by atoms with Crippen LogP contribution in [0.1, 0.15) is 18.1 Å². The van der Waals surface area contributed by atoms with Gasteiger partial charge in [-0.1, -0.05) is 51.3 Å². The second-order valence-electron chi connectivity index (χ2n) is 8.10. The zero-order valence-electron chi connectivity index (χ0n) is 20.3. The molecule has 39 heavy (non-hydrogen) atoms. The molecule has 0 bridgehead atoms. The van der Waals surface area contributed by atoms with Gasteiger partial charge in [0, 0.05) is 25.8 Å². The number of nitrogens with one attached hydrogen (secondary N) is 1. The minimum Gasteiger partial charge on any atom is -0.490 e. The molecular formula is C27H20BrCl2FN2O5S. The van der Waals surface area contributed by atoms with Gasteiger partial charge in [-0.25, -0.2) is 4.39 Å². The summed E-state index contributed by atoms with van der Waals surface area (Å²) in [5.41, 5.74) is 1.51. The molecule has 1 N–H and O–H groups in total. The van der Waals surface area contributed by atoms with Gasteiger partial charge < -0.3 is 14.8 Å². The summed E-state index contributed by atoms with van der Waals surface area (Å²) in [6.45, 7) is 1.83. The van der Waals surface area contributed by atoms with Crippen molar-refractivity contribution >= 4 is 79.7 Å². The molecule has 4 rings (SSSR count). The van der Waals surface area contributed by atoms with Crippen molar-refractivity contribution in [2.24, 2.45) is 0 Å². The maximum atomic E-state index is 13.4. The Bertz CT molecular complexity index is 1490. The van der Waals surface area contributed by atoms with Crippen molar-refractivity contribution in [2.75, 3.05) is 18.5 Å². The Labute approximate surface area is 246 Å². The number of halogens is 4. The predicted octanol–water partition coefficient (Wildman–Crippen LogP) is 7.55. The molecule has 0 aliphatic carbocycles. The molecule has 1 saturated heterocycles. The number of nitrogens with zero attached hydrogens (tertiary/aromatic N) is 1. The molecule has 0 atom stereocenters. The molecule has 202 valence electrons. The van der Waals surface area contributed by atoms with Gasteiger partial charge in [-0.05, 0) is 72.8 Å². The van der Waals surface area contributed by atoms with Gasteiger partial charge in [0.1, 0.15) is 19.0 Å². The van der Waals surface area contributed by atoms with E-state index in [1.54, 1.807) is 30.3 Å². The maximum Gasteiger partial charge on any atom is 0.294 e. The van der Waals surface area contributed by atoms with Crippen molar-refractivity contribution in [1.29, 1.82) is 0 Å². The van der Waals surface area contributed by atoms with Crippen LogP contribution in [0.5, 0.6) is 11.5 Å². The molecule has 0 saturated carbocycles. The second-order valence-corrected chi connectivity index (χ2v) is 10.8. The van der Waals surface area contributed by atoms with E-state index in [1.807, 2.05) is 6.92 Å². The first-order valence-electron chi connectivity index (χ1n) is 11.5. The lowest BCUT2D eigenvalue weighted by molar-refractivity contribution is -0.127. The lowest BCUT2D eigenvalue weighted by Gasteiger charge is -2.15. The molecule has 12 heteroatoms. The van der Waals surface area contributed by atoms with E-state index in [4.69, 9.17) is 32.7 Å². The van der Waals surface area contributed by atoms with Gasteiger partial charge in [-0.15, -0.1) is 0 Å². The fourth-order valence-electron chi connectivity index (χ4n) is 3.52. The SMILES string of the molecule is CCOc1cc(/C=C2/SC(=O)N(CC(=O)Nc3cccc(F)c3)C2=O)c(Br)cc1OCc1ccc(Cl)cc1Cl. The van der Waals surface area contributed by atoms with Gasteiger partial charge in [0.05, 0.1) is 11.5 Å². The monoisotopic (exact) mass is 652 g/mol. The molecule has 1 aliphatic rings. The summed E-state index contributed by atoms with van der Waals surface area (Å²) in [7, 11) is 0. The average molecular weight is 654 g/mol. The minimum absolute atomic E-state index is 0.128. The molecule has 3 amide bonds. The minimum atomic E-state index is -0.633. The first-order valence-corrected chi connectivity index (χ1v) is 13.8. The van der Waals surface area contributed by atoms with Gasteiger partial charge in [0.2, 0.25) is 5.91 Å². The Morgan fingerprint density at radius 1 is 1.10 bits per heavy atom. The number of thioether (sulfide) groups is 1. The van der Waals surface area contributed by atoms with Crippen LogP contribution in [-0.4, -0.2) is 35.1 Å². The van der Waals surface area contributed by atoms with Crippen molar-refractivity contribution in [3.8, 4) is 11.5 Å². The van der Waals surface area contributed by atoms with E-state index in [9.17, 15) is 18.8 Å². The van der Waals surface area contributed by atoms with Crippen LogP contribution in [-0.2, 0) is 16.2 Å². The Hall–Kier alpha value is -3.05. The van der Waals surface area contributed by atoms with E-state index < -0.39 is 29.4 Å². The molecule has 1 fully saturated rings. The zero-order chi connectivity index (χ0) is 28.1. The third kappa shape index (κ3) is 7.33. The highest BCUT2D eigenvalue weighted by molar-refractivity contribution is 9.10. The number of ether oxygens (including phenoxy) is 2. The van der Waals surface area contributed by atoms with Crippen LogP contribution in [0.15, 0.2) is 64.0 Å². The van der Waals surface area contributed by atoms with E-state index in [1.165, 1.54) is 24.3 Å². The summed E-state index contributed by atoms with van der Waals surface area (Å²) in [6.07, 6.45) is 1.53. The summed E-state index contributed by atoms with van der Waals surface area (Å²) in [5.74, 6) is -0.919. The fraction of sp³-hybridized carbons (Fsp3) is 0.148. The first kappa shape index (κ1) is 28.9. The highest BCUT2D eigenvalue weighted by Gasteiger charge is 2.36. The van der Waals surface area contributed by atoms with Crippen LogP contribution in [0.3, 0.4) is 0 Å². The number of benzene rings is 3. The number of hydrogen-bond donors (Lipinski definition) is 1. The van der Waals surface area contributed by atoms with E-state index in [2.05, 4.69) is 21.2 Å². The van der Waals surface area contributed by atoms with E-state index in [-0.39, 0.29) is 17.2 Å². The molecule has 0 spiro atoms. The van der Waals surface area contributed by atoms with Crippen molar-refractivity contribution in [3.05, 3.63) is 91.0 Å². The number of imide groups is 1. The Balaban J connectivity index is 1.50. The normalized spacial score (nSPS) is 14.2. The lowest BCUT2D eigenvalue weighted by atomic mass is 10.1. The quantitative estimate of drug-likeness (QED) is 0.240. The van der Waals surface area contributed by atoms with Gasteiger partial charge >= 0.3 is 0 Å². The van der Waals surface area contributed by atoms with Crippen molar-refractivity contribution in [1.82, 2.24) is 4.90 Å². The van der Waals surface area contributed by atoms with Crippen LogP contribution < -0.4 is 14.8 Å². The van der Waals surface area contributed by atoms with E-state index in [0.717, 1.165) is 16.5 Å². The summed E-state index contributed by atoms with van der Waals surface area (Å²) in [4.78, 5) is 38.8. The molecule has 0 aromatic heterocycles. The third-order valence-corrected chi connectivity index (χ3v) is 7.51. The molecule has 0 radical (unpaired) electrons. The highest BCUT2D eigenvalue weighted by Crippen LogP contribution is 2.38. The topological polar surface area (TPSA) is 84.9 Å². The number of anilines is 1. The second kappa shape index (κ2) is 12.9. The highest BCUT2D eigenvalue weighted by atomic mass is 79.9. The van der Waals surface area contributed by atoms with E-state index in [0.29, 0.717) is 49.9 Å². The van der Waals surface area contributed by atoms with Gasteiger partial charge in [0.25, 0.3) is 11.1 Å². The number of carbonyl (C=O) groups is 3. The smallest absolute Gasteiger partial charge is 0.294 e. The Kier molecular flexibility index (Phi) is 9.55. The molecular weight excluding hydrogens is 634 g/mol. The summed E-state index contributed by atoms with van der Waals surface area (Å²) >= 11 is 16.4. The predicted molar refractivity (Wildman–Crippen MR) is 154 cm³/mol. The standard InChI is InChI=1S/C27H20BrCl2FN2O5S/c1-2-37-22-8-16(20(28)12-23(22)38-14-15-6-7-17(29)10-21(15)30)9-24-26(35)33(27(36)39-24)13-25(34)32-19-5-3-4-18(31)11-19/h3-12H,2,13-14H2,1H3,(H,32,34)/b24-9+. The number of hydrogen-bond acceptors (Lipinski definition) is 6. The fourth-order valence-corrected chi connectivity index (χ4v) is 5.25. The Morgan fingerprint density at radius 2 is 1.87 bits per heavy atom. The molecule has 7 nitrogen and oxygen atoms in total. The molecule has 1 aliphatic heterocycles. The van der Waals surface area contributed by atoms with Crippen LogP contribution >= 0.6 is 50.9 Å². The van der Waals surface area contributed by atoms with Gasteiger partial charge in [-0.3, -0.25) is 19.3 Å². The molecule has 3 aromatic rings. The zero-order valence-corrected chi connectivity index (χ0v) is 24.2.